The topological polar surface area (TPSA) is 92.1 Å². The standard InChI is InChI=1S/C22H27N3O5.ClH/c26-18(23-13-16(17-2-1-9-30-17)24-7-10-29-11-8-24)5-6-25-21(27)19-14-3-4-15(12-14)20(19)22(25)28;/h1-4,9,14-16,19-20H,5-8,10-13H2,(H,23,26);1H. The zero-order valence-corrected chi connectivity index (χ0v) is 18.1. The summed E-state index contributed by atoms with van der Waals surface area (Å²) in [6.07, 6.45) is 6.82. The lowest BCUT2D eigenvalue weighted by atomic mass is 9.85. The number of fused-ring (bicyclic) bond motifs is 5. The summed E-state index contributed by atoms with van der Waals surface area (Å²) in [6, 6.07) is 3.69. The van der Waals surface area contributed by atoms with E-state index in [0.29, 0.717) is 19.8 Å². The number of carbonyl (C=O) groups is 3. The Labute approximate surface area is 187 Å². The summed E-state index contributed by atoms with van der Waals surface area (Å²) in [5.74, 6) is 0.403. The molecule has 4 aliphatic rings. The lowest BCUT2D eigenvalue weighted by Crippen LogP contribution is -2.44. The van der Waals surface area contributed by atoms with Crippen molar-refractivity contribution >= 4 is 30.1 Å². The van der Waals surface area contributed by atoms with E-state index in [1.165, 1.54) is 4.90 Å². The van der Waals surface area contributed by atoms with Gasteiger partial charge in [-0.15, -0.1) is 12.4 Å². The van der Waals surface area contributed by atoms with E-state index in [-0.39, 0.29) is 72.8 Å². The van der Waals surface area contributed by atoms with Crippen LogP contribution in [0.4, 0.5) is 0 Å². The minimum absolute atomic E-state index is 0. The molecule has 2 aliphatic carbocycles. The molecule has 5 atom stereocenters. The van der Waals surface area contributed by atoms with E-state index in [4.69, 9.17) is 9.15 Å². The Hall–Kier alpha value is -2.16. The zero-order valence-electron chi connectivity index (χ0n) is 17.3. The molecular weight excluding hydrogens is 422 g/mol. The Kier molecular flexibility index (Phi) is 6.50. The number of ether oxygens (including phenoxy) is 1. The third kappa shape index (κ3) is 4.04. The second kappa shape index (κ2) is 9.14. The molecule has 1 N–H and O–H groups in total. The number of rotatable bonds is 7. The molecule has 0 spiro atoms. The number of likely N-dealkylation sites (tertiary alicyclic amines) is 1. The first-order chi connectivity index (χ1) is 14.6. The molecule has 3 amide bonds. The van der Waals surface area contributed by atoms with Crippen molar-refractivity contribution in [3.8, 4) is 0 Å². The van der Waals surface area contributed by atoms with Gasteiger partial charge in [0, 0.05) is 32.6 Å². The molecule has 9 heteroatoms. The molecule has 31 heavy (non-hydrogen) atoms. The van der Waals surface area contributed by atoms with Crippen LogP contribution >= 0.6 is 12.4 Å². The van der Waals surface area contributed by atoms with E-state index < -0.39 is 0 Å². The fraction of sp³-hybridized carbons (Fsp3) is 0.591. The summed E-state index contributed by atoms with van der Waals surface area (Å²) < 4.78 is 11.0. The van der Waals surface area contributed by atoms with Crippen molar-refractivity contribution in [2.75, 3.05) is 39.4 Å². The molecule has 2 aliphatic heterocycles. The summed E-state index contributed by atoms with van der Waals surface area (Å²) >= 11 is 0. The maximum atomic E-state index is 12.7. The van der Waals surface area contributed by atoms with Gasteiger partial charge in [0.2, 0.25) is 17.7 Å². The summed E-state index contributed by atoms with van der Waals surface area (Å²) in [5.41, 5.74) is 0. The van der Waals surface area contributed by atoms with Gasteiger partial charge in [-0.05, 0) is 30.4 Å². The Morgan fingerprint density at radius 1 is 1.13 bits per heavy atom. The van der Waals surface area contributed by atoms with Crippen molar-refractivity contribution in [2.45, 2.75) is 18.9 Å². The third-order valence-electron chi connectivity index (χ3n) is 6.97. The Morgan fingerprint density at radius 2 is 1.81 bits per heavy atom. The number of amides is 3. The fourth-order valence-electron chi connectivity index (χ4n) is 5.48. The summed E-state index contributed by atoms with van der Waals surface area (Å²) in [7, 11) is 0. The van der Waals surface area contributed by atoms with Crippen LogP contribution in [0.3, 0.4) is 0 Å². The van der Waals surface area contributed by atoms with E-state index in [0.717, 1.165) is 25.3 Å². The molecular formula is C22H28ClN3O5. The fourth-order valence-corrected chi connectivity index (χ4v) is 5.48. The highest BCUT2D eigenvalue weighted by atomic mass is 35.5. The Morgan fingerprint density at radius 3 is 2.42 bits per heavy atom. The number of morpholine rings is 1. The molecule has 1 aromatic heterocycles. The van der Waals surface area contributed by atoms with Gasteiger partial charge in [0.15, 0.2) is 0 Å². The van der Waals surface area contributed by atoms with Crippen molar-refractivity contribution in [2.24, 2.45) is 23.7 Å². The van der Waals surface area contributed by atoms with Crippen molar-refractivity contribution < 1.29 is 23.5 Å². The summed E-state index contributed by atoms with van der Waals surface area (Å²) in [6.45, 7) is 3.42. The normalized spacial score (nSPS) is 30.4. The van der Waals surface area contributed by atoms with Crippen molar-refractivity contribution in [3.63, 3.8) is 0 Å². The lowest BCUT2D eigenvalue weighted by molar-refractivity contribution is -0.141. The van der Waals surface area contributed by atoms with Gasteiger partial charge in [-0.1, -0.05) is 12.2 Å². The molecule has 1 aromatic rings. The molecule has 5 unspecified atom stereocenters. The number of furan rings is 1. The van der Waals surface area contributed by atoms with Crippen molar-refractivity contribution in [1.29, 1.82) is 0 Å². The van der Waals surface area contributed by atoms with Crippen LogP contribution in [0.1, 0.15) is 24.6 Å². The zero-order chi connectivity index (χ0) is 20.7. The van der Waals surface area contributed by atoms with E-state index in [1.807, 2.05) is 12.1 Å². The van der Waals surface area contributed by atoms with Gasteiger partial charge >= 0.3 is 0 Å². The van der Waals surface area contributed by atoms with Crippen LogP contribution in [0.15, 0.2) is 35.0 Å². The monoisotopic (exact) mass is 449 g/mol. The van der Waals surface area contributed by atoms with Crippen LogP contribution in [0.5, 0.6) is 0 Å². The first kappa shape index (κ1) is 22.0. The van der Waals surface area contributed by atoms with Gasteiger partial charge in [0.25, 0.3) is 0 Å². The number of carbonyl (C=O) groups excluding carboxylic acids is 3. The molecule has 8 nitrogen and oxygen atoms in total. The number of allylic oxidation sites excluding steroid dienone is 2. The van der Waals surface area contributed by atoms with Gasteiger partial charge in [-0.25, -0.2) is 0 Å². The van der Waals surface area contributed by atoms with Crippen LogP contribution < -0.4 is 5.32 Å². The Bertz CT molecular complexity index is 821. The highest BCUT2D eigenvalue weighted by molar-refractivity contribution is 6.06. The number of halogens is 1. The average molecular weight is 450 g/mol. The molecule has 3 heterocycles. The molecule has 168 valence electrons. The van der Waals surface area contributed by atoms with Crippen LogP contribution in [0.2, 0.25) is 0 Å². The van der Waals surface area contributed by atoms with Crippen LogP contribution in [-0.4, -0.2) is 66.9 Å². The molecule has 0 radical (unpaired) electrons. The highest BCUT2D eigenvalue weighted by Gasteiger charge is 2.59. The van der Waals surface area contributed by atoms with Crippen LogP contribution in [0.25, 0.3) is 0 Å². The van der Waals surface area contributed by atoms with E-state index >= 15 is 0 Å². The second-order valence-corrected chi connectivity index (χ2v) is 8.56. The van der Waals surface area contributed by atoms with Crippen LogP contribution in [0, 0.1) is 23.7 Å². The first-order valence-corrected chi connectivity index (χ1v) is 10.8. The van der Waals surface area contributed by atoms with Gasteiger partial charge in [0.05, 0.1) is 37.4 Å². The molecule has 3 fully saturated rings. The first-order valence-electron chi connectivity index (χ1n) is 10.8. The van der Waals surface area contributed by atoms with Gasteiger partial charge in [-0.2, -0.15) is 0 Å². The van der Waals surface area contributed by atoms with E-state index in [2.05, 4.69) is 22.4 Å². The summed E-state index contributed by atoms with van der Waals surface area (Å²) in [5, 5.41) is 2.96. The number of hydrogen-bond acceptors (Lipinski definition) is 6. The third-order valence-corrected chi connectivity index (χ3v) is 6.97. The molecule has 2 saturated heterocycles. The molecule has 1 saturated carbocycles. The molecule has 5 rings (SSSR count). The minimum Gasteiger partial charge on any atom is -0.468 e. The smallest absolute Gasteiger partial charge is 0.233 e. The predicted molar refractivity (Wildman–Crippen MR) is 113 cm³/mol. The maximum absolute atomic E-state index is 12.7. The SMILES string of the molecule is Cl.O=C(CCN1C(=O)C2C3C=CC(C3)C2C1=O)NCC(c1ccco1)N1CCOCC1. The van der Waals surface area contributed by atoms with Gasteiger partial charge < -0.3 is 14.5 Å². The number of nitrogens with one attached hydrogen (secondary N) is 1. The second-order valence-electron chi connectivity index (χ2n) is 8.56. The number of imide groups is 1. The lowest BCUT2D eigenvalue weighted by Gasteiger charge is -2.33. The average Bonchev–Trinajstić information content (AvgIpc) is 3.54. The van der Waals surface area contributed by atoms with Crippen molar-refractivity contribution in [1.82, 2.24) is 15.1 Å². The highest BCUT2D eigenvalue weighted by Crippen LogP contribution is 2.52. The predicted octanol–water partition coefficient (Wildman–Crippen LogP) is 1.39. The quantitative estimate of drug-likeness (QED) is 0.499. The minimum atomic E-state index is -0.208. The molecule has 2 bridgehead atoms. The van der Waals surface area contributed by atoms with Crippen LogP contribution in [-0.2, 0) is 19.1 Å². The van der Waals surface area contributed by atoms with Gasteiger partial charge in [-0.3, -0.25) is 24.2 Å². The van der Waals surface area contributed by atoms with E-state index in [9.17, 15) is 14.4 Å². The Balaban J connectivity index is 0.00000231. The maximum Gasteiger partial charge on any atom is 0.233 e. The molecule has 0 aromatic carbocycles. The number of hydrogen-bond donors (Lipinski definition) is 1. The van der Waals surface area contributed by atoms with Crippen molar-refractivity contribution in [3.05, 3.63) is 36.3 Å². The number of nitrogens with zero attached hydrogens (tertiary/aromatic N) is 2. The largest absolute Gasteiger partial charge is 0.468 e. The van der Waals surface area contributed by atoms with E-state index in [1.54, 1.807) is 6.26 Å². The summed E-state index contributed by atoms with van der Waals surface area (Å²) in [4.78, 5) is 41.5. The van der Waals surface area contributed by atoms with Gasteiger partial charge in [0.1, 0.15) is 5.76 Å².